The summed E-state index contributed by atoms with van der Waals surface area (Å²) in [6, 6.07) is 14.3. The Morgan fingerprint density at radius 1 is 1.09 bits per heavy atom. The molecule has 0 saturated carbocycles. The number of methoxy groups -OCH3 is 1. The minimum Gasteiger partial charge on any atom is -0.496 e. The monoisotopic (exact) mass is 374 g/mol. The molecule has 0 aliphatic rings. The Labute approximate surface area is 142 Å². The van der Waals surface area contributed by atoms with Gasteiger partial charge in [0.25, 0.3) is 11.8 Å². The third-order valence-electron chi connectivity index (χ3n) is 2.94. The van der Waals surface area contributed by atoms with Crippen LogP contribution in [0.5, 0.6) is 5.75 Å². The molecule has 0 spiro atoms. The zero-order valence-corrected chi connectivity index (χ0v) is 14.0. The van der Waals surface area contributed by atoms with Gasteiger partial charge in [-0.2, -0.15) is 0 Å². The molecule has 0 heterocycles. The number of carbonyl (C=O) groups excluding carboxylic acids is 2. The molecule has 118 valence electrons. The molecular formula is C17H15BrN2O3. The standard InChI is InChI=1S/C17H15BrN2O3/c1-23-15-9-8-13(11-14(15)18)17(22)20-19-16(21)10-7-12-5-3-2-4-6-12/h2-11H,1H3,(H,19,21)(H,20,22)/b10-7+. The summed E-state index contributed by atoms with van der Waals surface area (Å²) in [5.41, 5.74) is 5.97. The van der Waals surface area contributed by atoms with Crippen LogP contribution in [0.4, 0.5) is 0 Å². The van der Waals surface area contributed by atoms with Crippen LogP contribution in [0.15, 0.2) is 59.1 Å². The first-order valence-electron chi connectivity index (χ1n) is 6.77. The fourth-order valence-electron chi connectivity index (χ4n) is 1.78. The van der Waals surface area contributed by atoms with E-state index in [2.05, 4.69) is 26.8 Å². The van der Waals surface area contributed by atoms with Crippen LogP contribution in [0.1, 0.15) is 15.9 Å². The first-order valence-corrected chi connectivity index (χ1v) is 7.56. The third kappa shape index (κ3) is 4.96. The Morgan fingerprint density at radius 3 is 2.48 bits per heavy atom. The van der Waals surface area contributed by atoms with Crippen LogP contribution in [-0.2, 0) is 4.79 Å². The summed E-state index contributed by atoms with van der Waals surface area (Å²) in [4.78, 5) is 23.6. The van der Waals surface area contributed by atoms with E-state index >= 15 is 0 Å². The van der Waals surface area contributed by atoms with Crippen molar-refractivity contribution in [1.29, 1.82) is 0 Å². The lowest BCUT2D eigenvalue weighted by Crippen LogP contribution is -2.40. The number of hydrogen-bond donors (Lipinski definition) is 2. The highest BCUT2D eigenvalue weighted by Crippen LogP contribution is 2.25. The molecular weight excluding hydrogens is 360 g/mol. The summed E-state index contributed by atoms with van der Waals surface area (Å²) in [6.07, 6.45) is 3.00. The summed E-state index contributed by atoms with van der Waals surface area (Å²) in [5, 5.41) is 0. The smallest absolute Gasteiger partial charge is 0.269 e. The Bertz CT molecular complexity index is 730. The molecule has 5 nitrogen and oxygen atoms in total. The molecule has 0 saturated heterocycles. The number of rotatable bonds is 4. The lowest BCUT2D eigenvalue weighted by Gasteiger charge is -2.07. The summed E-state index contributed by atoms with van der Waals surface area (Å²) in [5.74, 6) is -0.221. The zero-order chi connectivity index (χ0) is 16.7. The molecule has 0 unspecified atom stereocenters. The number of hydrazine groups is 1. The number of ether oxygens (including phenoxy) is 1. The maximum atomic E-state index is 12.0. The molecule has 0 bridgehead atoms. The van der Waals surface area contributed by atoms with E-state index < -0.39 is 11.8 Å². The van der Waals surface area contributed by atoms with E-state index in [1.54, 1.807) is 31.4 Å². The number of nitrogens with one attached hydrogen (secondary N) is 2. The van der Waals surface area contributed by atoms with Gasteiger partial charge in [-0.15, -0.1) is 0 Å². The predicted octanol–water partition coefficient (Wildman–Crippen LogP) is 2.93. The van der Waals surface area contributed by atoms with E-state index in [1.165, 1.54) is 6.08 Å². The number of amides is 2. The van der Waals surface area contributed by atoms with Gasteiger partial charge >= 0.3 is 0 Å². The van der Waals surface area contributed by atoms with E-state index in [4.69, 9.17) is 4.74 Å². The van der Waals surface area contributed by atoms with Gasteiger partial charge in [0.05, 0.1) is 11.6 Å². The molecule has 2 aromatic carbocycles. The summed E-state index contributed by atoms with van der Waals surface area (Å²) >= 11 is 3.30. The van der Waals surface area contributed by atoms with E-state index in [1.807, 2.05) is 30.3 Å². The van der Waals surface area contributed by atoms with Crippen LogP contribution < -0.4 is 15.6 Å². The lowest BCUT2D eigenvalue weighted by molar-refractivity contribution is -0.117. The molecule has 2 rings (SSSR count). The van der Waals surface area contributed by atoms with Gasteiger partial charge in [-0.1, -0.05) is 30.3 Å². The minimum absolute atomic E-state index is 0.394. The molecule has 0 aliphatic carbocycles. The highest BCUT2D eigenvalue weighted by molar-refractivity contribution is 9.10. The van der Waals surface area contributed by atoms with Gasteiger partial charge in [-0.3, -0.25) is 20.4 Å². The van der Waals surface area contributed by atoms with Crippen LogP contribution in [0.3, 0.4) is 0 Å². The molecule has 0 aromatic heterocycles. The summed E-state index contributed by atoms with van der Waals surface area (Å²) in [6.45, 7) is 0. The highest BCUT2D eigenvalue weighted by Gasteiger charge is 2.09. The van der Waals surface area contributed by atoms with Crippen LogP contribution >= 0.6 is 15.9 Å². The van der Waals surface area contributed by atoms with Crippen LogP contribution in [0.2, 0.25) is 0 Å². The van der Waals surface area contributed by atoms with Crippen molar-refractivity contribution in [3.05, 3.63) is 70.2 Å². The Kier molecular flexibility index (Phi) is 5.94. The van der Waals surface area contributed by atoms with Gasteiger partial charge in [0.2, 0.25) is 0 Å². The van der Waals surface area contributed by atoms with Gasteiger partial charge in [-0.05, 0) is 45.8 Å². The molecule has 2 aromatic rings. The summed E-state index contributed by atoms with van der Waals surface area (Å²) < 4.78 is 5.75. The van der Waals surface area contributed by atoms with Crippen LogP contribution in [0, 0.1) is 0 Å². The molecule has 2 amide bonds. The van der Waals surface area contributed by atoms with Crippen molar-refractivity contribution in [2.24, 2.45) is 0 Å². The van der Waals surface area contributed by atoms with Crippen molar-refractivity contribution in [2.45, 2.75) is 0 Å². The van der Waals surface area contributed by atoms with Crippen molar-refractivity contribution < 1.29 is 14.3 Å². The average Bonchev–Trinajstić information content (AvgIpc) is 2.58. The minimum atomic E-state index is -0.421. The van der Waals surface area contributed by atoms with Crippen molar-refractivity contribution in [3.8, 4) is 5.75 Å². The fourth-order valence-corrected chi connectivity index (χ4v) is 2.32. The second-order valence-electron chi connectivity index (χ2n) is 4.54. The second-order valence-corrected chi connectivity index (χ2v) is 5.39. The maximum absolute atomic E-state index is 12.0. The molecule has 0 atom stereocenters. The van der Waals surface area contributed by atoms with Gasteiger partial charge < -0.3 is 4.74 Å². The number of carbonyl (C=O) groups is 2. The van der Waals surface area contributed by atoms with Crippen molar-refractivity contribution >= 4 is 33.8 Å². The zero-order valence-electron chi connectivity index (χ0n) is 12.4. The highest BCUT2D eigenvalue weighted by atomic mass is 79.9. The number of hydrogen-bond acceptors (Lipinski definition) is 3. The molecule has 0 fully saturated rings. The van der Waals surface area contributed by atoms with Crippen LogP contribution in [-0.4, -0.2) is 18.9 Å². The van der Waals surface area contributed by atoms with Crippen molar-refractivity contribution in [3.63, 3.8) is 0 Å². The van der Waals surface area contributed by atoms with Gasteiger partial charge in [-0.25, -0.2) is 0 Å². The number of halogens is 1. The normalized spacial score (nSPS) is 10.3. The van der Waals surface area contributed by atoms with E-state index in [9.17, 15) is 9.59 Å². The second kappa shape index (κ2) is 8.14. The Morgan fingerprint density at radius 2 is 1.83 bits per heavy atom. The first-order chi connectivity index (χ1) is 11.1. The third-order valence-corrected chi connectivity index (χ3v) is 3.56. The van der Waals surface area contributed by atoms with Gasteiger partial charge in [0.1, 0.15) is 5.75 Å². The molecule has 6 heteroatoms. The van der Waals surface area contributed by atoms with Gasteiger partial charge in [0.15, 0.2) is 0 Å². The van der Waals surface area contributed by atoms with Gasteiger partial charge in [0, 0.05) is 11.6 Å². The van der Waals surface area contributed by atoms with Crippen molar-refractivity contribution in [1.82, 2.24) is 10.9 Å². The number of benzene rings is 2. The molecule has 0 aliphatic heterocycles. The molecule has 2 N–H and O–H groups in total. The lowest BCUT2D eigenvalue weighted by atomic mass is 10.2. The van der Waals surface area contributed by atoms with Crippen LogP contribution in [0.25, 0.3) is 6.08 Å². The topological polar surface area (TPSA) is 67.4 Å². The van der Waals surface area contributed by atoms with Crippen molar-refractivity contribution in [2.75, 3.05) is 7.11 Å². The maximum Gasteiger partial charge on any atom is 0.269 e. The Hall–Kier alpha value is -2.60. The van der Waals surface area contributed by atoms with E-state index in [-0.39, 0.29) is 0 Å². The average molecular weight is 375 g/mol. The van der Waals surface area contributed by atoms with E-state index in [0.717, 1.165) is 5.56 Å². The van der Waals surface area contributed by atoms with E-state index in [0.29, 0.717) is 15.8 Å². The Balaban J connectivity index is 1.90. The quantitative estimate of drug-likeness (QED) is 0.638. The fraction of sp³-hybridized carbons (Fsp3) is 0.0588. The molecule has 0 radical (unpaired) electrons. The summed E-state index contributed by atoms with van der Waals surface area (Å²) in [7, 11) is 1.54. The molecule has 23 heavy (non-hydrogen) atoms. The first kappa shape index (κ1) is 16.8. The predicted molar refractivity (Wildman–Crippen MR) is 91.8 cm³/mol. The largest absolute Gasteiger partial charge is 0.496 e. The SMILES string of the molecule is COc1ccc(C(=O)NNC(=O)/C=C/c2ccccc2)cc1Br.